The van der Waals surface area contributed by atoms with E-state index in [0.717, 1.165) is 0 Å². The molecule has 0 aromatic carbocycles. The van der Waals surface area contributed by atoms with Gasteiger partial charge in [0.15, 0.2) is 0 Å². The Hall–Kier alpha value is 2.39. The Kier molecular flexibility index (Phi) is 1120. The Morgan fingerprint density at radius 1 is 0.500 bits per heavy atom. The van der Waals surface area contributed by atoms with Crippen LogP contribution < -0.4 is 0 Å². The minimum Gasteiger partial charge on any atom is -0.358 e. The number of rotatable bonds is 0. The fraction of sp³-hybridized carbons (Fsp3) is 0.667. The molecular weight excluding hydrogens is 422 g/mol. The van der Waals surface area contributed by atoms with E-state index in [-0.39, 0.29) is 116 Å². The summed E-state index contributed by atoms with van der Waals surface area (Å²) in [6.45, 7) is 8.50. The zero-order valence-corrected chi connectivity index (χ0v) is 17.8. The molecule has 0 aliphatic rings. The van der Waals surface area contributed by atoms with E-state index in [4.69, 9.17) is 0 Å². The quantitative estimate of drug-likeness (QED) is 0.397. The SMILES string of the molecule is C.C.CCC.CCC.[CH3-].[CH3-].[CH3-].[CH3-].[La].[La]. The average Bonchev–Trinajstić information content (AvgIpc) is 1.39. The van der Waals surface area contributed by atoms with Crippen LogP contribution in [0.3, 0.4) is 0 Å². The predicted molar refractivity (Wildman–Crippen MR) is 71.0 cm³/mol. The smallest absolute Gasteiger partial charge is 0 e. The van der Waals surface area contributed by atoms with Crippen LogP contribution in [-0.4, -0.2) is 0 Å². The summed E-state index contributed by atoms with van der Waals surface area (Å²) in [5.41, 5.74) is 0. The molecule has 0 saturated carbocycles. The van der Waals surface area contributed by atoms with Crippen LogP contribution in [0.1, 0.15) is 55.4 Å². The molecule has 0 aliphatic carbocycles. The van der Waals surface area contributed by atoms with Gasteiger partial charge in [-0.3, -0.25) is 0 Å². The summed E-state index contributed by atoms with van der Waals surface area (Å²) in [5, 5.41) is 0. The molecule has 94 valence electrons. The van der Waals surface area contributed by atoms with Gasteiger partial charge in [0.25, 0.3) is 0 Å². The summed E-state index contributed by atoms with van der Waals surface area (Å²) < 4.78 is 0. The first-order valence-electron chi connectivity index (χ1n) is 2.83. The number of hydrogen-bond acceptors (Lipinski definition) is 0. The molecule has 0 fully saturated rings. The van der Waals surface area contributed by atoms with Crippen molar-refractivity contribution in [3.63, 3.8) is 0 Å². The molecule has 0 rings (SSSR count). The average molecular weight is 458 g/mol. The molecule has 0 aliphatic heterocycles. The van der Waals surface area contributed by atoms with Crippen LogP contribution in [0.4, 0.5) is 0 Å². The summed E-state index contributed by atoms with van der Waals surface area (Å²) in [7, 11) is 0. The maximum atomic E-state index is 2.12. The van der Waals surface area contributed by atoms with Crippen LogP contribution >= 0.6 is 0 Å². The summed E-state index contributed by atoms with van der Waals surface area (Å²) in [6, 6.07) is 0. The standard InChI is InChI=1S/2C3H8.2CH4.4CH3.2La/c2*1-3-2;;;;;;;;/h2*3H2,1-2H3;2*1H4;4*1H3;;/q;;;;4*-1;;. The van der Waals surface area contributed by atoms with Gasteiger partial charge in [-0.05, 0) is 0 Å². The van der Waals surface area contributed by atoms with E-state index in [1.807, 2.05) is 0 Å². The van der Waals surface area contributed by atoms with Gasteiger partial charge in [-0.15, -0.1) is 0 Å². The van der Waals surface area contributed by atoms with Crippen molar-refractivity contribution < 1.29 is 71.2 Å². The second-order valence-electron chi connectivity index (χ2n) is 1.41. The first-order chi connectivity index (χ1) is 2.83. The molecule has 0 bridgehead atoms. The fourth-order valence-corrected chi connectivity index (χ4v) is 0. The predicted octanol–water partition coefficient (Wildman–Crippen LogP) is 5.91. The van der Waals surface area contributed by atoms with Crippen molar-refractivity contribution in [2.75, 3.05) is 0 Å². The van der Waals surface area contributed by atoms with Crippen LogP contribution in [0.25, 0.3) is 0 Å². The van der Waals surface area contributed by atoms with Crippen LogP contribution in [0.15, 0.2) is 0 Å². The molecule has 0 N–H and O–H groups in total. The van der Waals surface area contributed by atoms with Gasteiger partial charge in [-0.1, -0.05) is 55.4 Å². The normalized spacial score (nSPS) is 2.57. The Balaban J connectivity index is -0.00000000182. The van der Waals surface area contributed by atoms with Gasteiger partial charge >= 0.3 is 0 Å². The van der Waals surface area contributed by atoms with Crippen molar-refractivity contribution in [1.82, 2.24) is 0 Å². The van der Waals surface area contributed by atoms with E-state index in [1.165, 1.54) is 12.8 Å². The van der Waals surface area contributed by atoms with E-state index in [9.17, 15) is 0 Å². The largest absolute Gasteiger partial charge is 0.358 e. The molecule has 2 radical (unpaired) electrons. The maximum absolute atomic E-state index is 2.12. The zero-order valence-electron chi connectivity index (χ0n) is 10.6. The molecular formula is C12H36La2-4. The molecule has 0 spiro atoms. The van der Waals surface area contributed by atoms with Gasteiger partial charge in [0.2, 0.25) is 0 Å². The van der Waals surface area contributed by atoms with Crippen molar-refractivity contribution in [1.29, 1.82) is 0 Å². The zero-order chi connectivity index (χ0) is 5.41. The Bertz CT molecular complexity index is 10.3. The molecule has 14 heavy (non-hydrogen) atoms. The summed E-state index contributed by atoms with van der Waals surface area (Å²) >= 11 is 0. The van der Waals surface area contributed by atoms with Gasteiger partial charge in [0.05, 0.1) is 0 Å². The van der Waals surface area contributed by atoms with Crippen molar-refractivity contribution in [2.45, 2.75) is 55.4 Å². The van der Waals surface area contributed by atoms with Crippen LogP contribution in [0, 0.1) is 101 Å². The molecule has 0 aromatic heterocycles. The second-order valence-corrected chi connectivity index (χ2v) is 1.41. The monoisotopic (exact) mass is 458 g/mol. The molecule has 0 atom stereocenters. The second kappa shape index (κ2) is 165. The van der Waals surface area contributed by atoms with E-state index in [1.54, 1.807) is 0 Å². The Labute approximate surface area is 154 Å². The Morgan fingerprint density at radius 3 is 0.500 bits per heavy atom. The summed E-state index contributed by atoms with van der Waals surface area (Å²) in [5.74, 6) is 0. The van der Waals surface area contributed by atoms with Crippen LogP contribution in [-0.2, 0) is 0 Å². The van der Waals surface area contributed by atoms with Gasteiger partial charge in [0.1, 0.15) is 0 Å². The van der Waals surface area contributed by atoms with Gasteiger partial charge in [-0.2, -0.15) is 0 Å². The first-order valence-corrected chi connectivity index (χ1v) is 2.83. The number of hydrogen-bond donors (Lipinski definition) is 0. The van der Waals surface area contributed by atoms with E-state index < -0.39 is 0 Å². The van der Waals surface area contributed by atoms with E-state index >= 15 is 0 Å². The van der Waals surface area contributed by atoms with Crippen LogP contribution in [0.2, 0.25) is 0 Å². The topological polar surface area (TPSA) is 0 Å². The van der Waals surface area contributed by atoms with Crippen molar-refractivity contribution in [3.05, 3.63) is 29.7 Å². The third-order valence-corrected chi connectivity index (χ3v) is 0. The van der Waals surface area contributed by atoms with Crippen molar-refractivity contribution >= 4 is 0 Å². The van der Waals surface area contributed by atoms with Gasteiger partial charge < -0.3 is 29.7 Å². The minimum atomic E-state index is 0. The molecule has 0 heterocycles. The summed E-state index contributed by atoms with van der Waals surface area (Å²) in [4.78, 5) is 0. The van der Waals surface area contributed by atoms with Crippen LogP contribution in [0.5, 0.6) is 0 Å². The minimum absolute atomic E-state index is 0. The molecule has 0 amide bonds. The molecule has 2 heteroatoms. The van der Waals surface area contributed by atoms with Gasteiger partial charge in [0, 0.05) is 71.2 Å². The Morgan fingerprint density at radius 2 is 0.500 bits per heavy atom. The molecule has 0 saturated heterocycles. The maximum Gasteiger partial charge on any atom is 0 e. The van der Waals surface area contributed by atoms with E-state index in [0.29, 0.717) is 0 Å². The molecule has 0 nitrogen and oxygen atoms in total. The van der Waals surface area contributed by atoms with E-state index in [2.05, 4.69) is 27.7 Å². The molecule has 0 aromatic rings. The molecule has 0 unspecified atom stereocenters. The third-order valence-electron chi connectivity index (χ3n) is 0. The first kappa shape index (κ1) is 95.1. The third kappa shape index (κ3) is 452. The van der Waals surface area contributed by atoms with Crippen molar-refractivity contribution in [3.8, 4) is 0 Å². The van der Waals surface area contributed by atoms with Crippen molar-refractivity contribution in [2.24, 2.45) is 0 Å². The van der Waals surface area contributed by atoms with Gasteiger partial charge in [-0.25, -0.2) is 0 Å². The summed E-state index contributed by atoms with van der Waals surface area (Å²) in [6.07, 6.45) is 2.50. The fourth-order valence-electron chi connectivity index (χ4n) is 0.